The van der Waals surface area contributed by atoms with Crippen molar-refractivity contribution in [2.75, 3.05) is 26.2 Å². The highest BCUT2D eigenvalue weighted by Gasteiger charge is 2.14. The third-order valence-corrected chi connectivity index (χ3v) is 5.07. The van der Waals surface area contributed by atoms with Crippen LogP contribution < -0.4 is 5.32 Å². The van der Waals surface area contributed by atoms with Gasteiger partial charge in [-0.1, -0.05) is 37.3 Å². The summed E-state index contributed by atoms with van der Waals surface area (Å²) in [4.78, 5) is 14.8. The Balaban J connectivity index is 1.39. The summed E-state index contributed by atoms with van der Waals surface area (Å²) in [5, 5.41) is 5.34. The van der Waals surface area contributed by atoms with Crippen molar-refractivity contribution in [2.45, 2.75) is 32.6 Å². The lowest BCUT2D eigenvalue weighted by Gasteiger charge is -2.30. The number of nitrogens with one attached hydrogen (secondary N) is 1. The quantitative estimate of drug-likeness (QED) is 0.812. The molecule has 0 unspecified atom stereocenters. The van der Waals surface area contributed by atoms with Crippen molar-refractivity contribution in [3.8, 4) is 0 Å². The Morgan fingerprint density at radius 3 is 2.62 bits per heavy atom. The first-order chi connectivity index (χ1) is 11.7. The molecule has 1 heterocycles. The van der Waals surface area contributed by atoms with E-state index in [1.54, 1.807) is 0 Å². The molecular formula is C21H28N2O. The molecule has 0 aliphatic carbocycles. The first-order valence-corrected chi connectivity index (χ1v) is 9.22. The van der Waals surface area contributed by atoms with Crippen LogP contribution in [0.4, 0.5) is 0 Å². The maximum absolute atomic E-state index is 12.3. The number of likely N-dealkylation sites (tertiary alicyclic amines) is 1. The van der Waals surface area contributed by atoms with Crippen LogP contribution in [0.25, 0.3) is 10.8 Å². The van der Waals surface area contributed by atoms with E-state index >= 15 is 0 Å². The molecule has 0 saturated carbocycles. The van der Waals surface area contributed by atoms with Crippen LogP contribution in [0.3, 0.4) is 0 Å². The van der Waals surface area contributed by atoms with Crippen LogP contribution >= 0.6 is 0 Å². The van der Waals surface area contributed by atoms with Gasteiger partial charge in [-0.2, -0.15) is 0 Å². The molecular weight excluding hydrogens is 296 g/mol. The van der Waals surface area contributed by atoms with E-state index in [1.165, 1.54) is 37.9 Å². The summed E-state index contributed by atoms with van der Waals surface area (Å²) in [6.07, 6.45) is 4.87. The number of hydrogen-bond donors (Lipinski definition) is 1. The van der Waals surface area contributed by atoms with Gasteiger partial charge < -0.3 is 10.2 Å². The molecule has 1 saturated heterocycles. The molecule has 128 valence electrons. The van der Waals surface area contributed by atoms with Crippen LogP contribution in [0.1, 0.15) is 43.0 Å². The number of piperidine rings is 1. The summed E-state index contributed by atoms with van der Waals surface area (Å²) in [6, 6.07) is 14.0. The number of benzene rings is 2. The monoisotopic (exact) mass is 324 g/mol. The molecule has 1 fully saturated rings. The van der Waals surface area contributed by atoms with Crippen LogP contribution in [0.5, 0.6) is 0 Å². The second-order valence-electron chi connectivity index (χ2n) is 7.05. The van der Waals surface area contributed by atoms with Crippen molar-refractivity contribution in [1.82, 2.24) is 10.2 Å². The lowest BCUT2D eigenvalue weighted by Crippen LogP contribution is -2.34. The van der Waals surface area contributed by atoms with Gasteiger partial charge in [-0.3, -0.25) is 4.79 Å². The second kappa shape index (κ2) is 8.29. The molecule has 1 amide bonds. The first kappa shape index (κ1) is 17.0. The van der Waals surface area contributed by atoms with Gasteiger partial charge in [0.2, 0.25) is 0 Å². The average molecular weight is 324 g/mol. The molecule has 3 nitrogen and oxygen atoms in total. The topological polar surface area (TPSA) is 32.3 Å². The van der Waals surface area contributed by atoms with Crippen molar-refractivity contribution in [2.24, 2.45) is 5.92 Å². The molecule has 1 N–H and O–H groups in total. The van der Waals surface area contributed by atoms with Gasteiger partial charge in [-0.25, -0.2) is 0 Å². The Bertz CT molecular complexity index is 674. The van der Waals surface area contributed by atoms with Gasteiger partial charge in [0.15, 0.2) is 0 Å². The first-order valence-electron chi connectivity index (χ1n) is 9.22. The van der Waals surface area contributed by atoms with Gasteiger partial charge in [0.05, 0.1) is 0 Å². The minimum absolute atomic E-state index is 0.0348. The van der Waals surface area contributed by atoms with Crippen molar-refractivity contribution >= 4 is 16.7 Å². The summed E-state index contributed by atoms with van der Waals surface area (Å²) in [5.41, 5.74) is 0.749. The Kier molecular flexibility index (Phi) is 5.86. The third kappa shape index (κ3) is 4.57. The zero-order chi connectivity index (χ0) is 16.8. The molecule has 0 spiro atoms. The second-order valence-corrected chi connectivity index (χ2v) is 7.05. The fourth-order valence-electron chi connectivity index (χ4n) is 3.38. The molecule has 0 aromatic heterocycles. The third-order valence-electron chi connectivity index (χ3n) is 5.07. The maximum Gasteiger partial charge on any atom is 0.251 e. The van der Waals surface area contributed by atoms with E-state index in [2.05, 4.69) is 23.2 Å². The van der Waals surface area contributed by atoms with Crippen molar-refractivity contribution in [3.63, 3.8) is 0 Å². The number of fused-ring (bicyclic) bond motifs is 1. The highest BCUT2D eigenvalue weighted by atomic mass is 16.1. The molecule has 3 rings (SSSR count). The summed E-state index contributed by atoms with van der Waals surface area (Å²) in [7, 11) is 0. The molecule has 2 aromatic carbocycles. The smallest absolute Gasteiger partial charge is 0.251 e. The standard InChI is InChI=1S/C21H28N2O/c1-17-10-14-23(15-11-17)13-5-4-12-22-21(24)20-9-8-18-6-2-3-7-19(18)16-20/h2-3,6-9,16-17H,4-5,10-15H2,1H3,(H,22,24). The van der Waals surface area contributed by atoms with Crippen LogP contribution in [-0.2, 0) is 0 Å². The van der Waals surface area contributed by atoms with Gasteiger partial charge in [0, 0.05) is 12.1 Å². The number of nitrogens with zero attached hydrogens (tertiary/aromatic N) is 1. The normalized spacial score (nSPS) is 16.4. The fraction of sp³-hybridized carbons (Fsp3) is 0.476. The van der Waals surface area contributed by atoms with E-state index in [9.17, 15) is 4.79 Å². The van der Waals surface area contributed by atoms with E-state index in [-0.39, 0.29) is 5.91 Å². The van der Waals surface area contributed by atoms with Gasteiger partial charge in [-0.05, 0) is 74.1 Å². The van der Waals surface area contributed by atoms with Crippen LogP contribution in [-0.4, -0.2) is 37.0 Å². The van der Waals surface area contributed by atoms with Gasteiger partial charge in [-0.15, -0.1) is 0 Å². The fourth-order valence-corrected chi connectivity index (χ4v) is 3.38. The number of hydrogen-bond acceptors (Lipinski definition) is 2. The average Bonchev–Trinajstić information content (AvgIpc) is 2.62. The molecule has 3 heteroatoms. The zero-order valence-electron chi connectivity index (χ0n) is 14.6. The SMILES string of the molecule is CC1CCN(CCCCNC(=O)c2ccc3ccccc3c2)CC1. The number of carbonyl (C=O) groups is 1. The van der Waals surface area contributed by atoms with E-state index in [1.807, 2.05) is 36.4 Å². The van der Waals surface area contributed by atoms with Crippen molar-refractivity contribution in [1.29, 1.82) is 0 Å². The minimum atomic E-state index is 0.0348. The summed E-state index contributed by atoms with van der Waals surface area (Å²) in [5.74, 6) is 0.926. The predicted molar refractivity (Wildman–Crippen MR) is 100 cm³/mol. The molecule has 1 aliphatic heterocycles. The van der Waals surface area contributed by atoms with Gasteiger partial charge >= 0.3 is 0 Å². The minimum Gasteiger partial charge on any atom is -0.352 e. The Hall–Kier alpha value is -1.87. The summed E-state index contributed by atoms with van der Waals surface area (Å²) < 4.78 is 0. The summed E-state index contributed by atoms with van der Waals surface area (Å²) in [6.45, 7) is 6.75. The number of unbranched alkanes of at least 4 members (excludes halogenated alkanes) is 1. The lowest BCUT2D eigenvalue weighted by atomic mass is 9.99. The summed E-state index contributed by atoms with van der Waals surface area (Å²) >= 11 is 0. The maximum atomic E-state index is 12.3. The van der Waals surface area contributed by atoms with E-state index in [0.717, 1.165) is 36.3 Å². The highest BCUT2D eigenvalue weighted by molar-refractivity contribution is 5.98. The molecule has 0 radical (unpaired) electrons. The predicted octanol–water partition coefficient (Wildman–Crippen LogP) is 4.08. The van der Waals surface area contributed by atoms with Crippen molar-refractivity contribution < 1.29 is 4.79 Å². The highest BCUT2D eigenvalue weighted by Crippen LogP contribution is 2.17. The van der Waals surface area contributed by atoms with E-state index in [4.69, 9.17) is 0 Å². The van der Waals surface area contributed by atoms with Crippen LogP contribution in [0.15, 0.2) is 42.5 Å². The Morgan fingerprint density at radius 1 is 1.08 bits per heavy atom. The zero-order valence-corrected chi connectivity index (χ0v) is 14.6. The van der Waals surface area contributed by atoms with Crippen molar-refractivity contribution in [3.05, 3.63) is 48.0 Å². The van der Waals surface area contributed by atoms with Crippen LogP contribution in [0.2, 0.25) is 0 Å². The number of rotatable bonds is 6. The van der Waals surface area contributed by atoms with Crippen LogP contribution in [0, 0.1) is 5.92 Å². The molecule has 0 bridgehead atoms. The number of amides is 1. The molecule has 24 heavy (non-hydrogen) atoms. The van der Waals surface area contributed by atoms with E-state index < -0.39 is 0 Å². The molecule has 1 aliphatic rings. The molecule has 0 atom stereocenters. The van der Waals surface area contributed by atoms with E-state index in [0.29, 0.717) is 0 Å². The number of carbonyl (C=O) groups excluding carboxylic acids is 1. The molecule has 2 aromatic rings. The lowest BCUT2D eigenvalue weighted by molar-refractivity contribution is 0.0952. The Labute approximate surface area is 145 Å². The van der Waals surface area contributed by atoms with Gasteiger partial charge in [0.25, 0.3) is 5.91 Å². The van der Waals surface area contributed by atoms with Gasteiger partial charge in [0.1, 0.15) is 0 Å². The largest absolute Gasteiger partial charge is 0.352 e. The Morgan fingerprint density at radius 2 is 1.83 bits per heavy atom.